The lowest BCUT2D eigenvalue weighted by Crippen LogP contribution is -2.27. The van der Waals surface area contributed by atoms with Crippen molar-refractivity contribution in [2.45, 2.75) is 13.5 Å². The number of benzene rings is 2. The number of hydrogen-bond acceptors (Lipinski definition) is 4. The molecule has 25 heavy (non-hydrogen) atoms. The molecule has 128 valence electrons. The first kappa shape index (κ1) is 17.6. The molecule has 0 aliphatic carbocycles. The van der Waals surface area contributed by atoms with E-state index in [9.17, 15) is 9.59 Å². The number of amides is 2. The summed E-state index contributed by atoms with van der Waals surface area (Å²) < 4.78 is 5.30. The van der Waals surface area contributed by atoms with E-state index in [1.807, 2.05) is 37.3 Å². The van der Waals surface area contributed by atoms with Crippen LogP contribution in [0.25, 0.3) is 6.08 Å². The molecule has 0 saturated carbocycles. The summed E-state index contributed by atoms with van der Waals surface area (Å²) in [7, 11) is 1.60. The fourth-order valence-corrected chi connectivity index (χ4v) is 3.54. The average molecular weight is 374 g/mol. The number of rotatable bonds is 4. The molecule has 3 rings (SSSR count). The summed E-state index contributed by atoms with van der Waals surface area (Å²) in [4.78, 5) is 26.4. The molecule has 6 heteroatoms. The molecular weight excluding hydrogens is 358 g/mol. The summed E-state index contributed by atoms with van der Waals surface area (Å²) in [5.74, 6) is 0.429. The van der Waals surface area contributed by atoms with Crippen molar-refractivity contribution in [3.8, 4) is 5.75 Å². The minimum Gasteiger partial charge on any atom is -0.496 e. The first-order valence-corrected chi connectivity index (χ1v) is 8.82. The van der Waals surface area contributed by atoms with Crippen LogP contribution in [0.3, 0.4) is 0 Å². The Labute approximate surface area is 155 Å². The minimum atomic E-state index is -0.311. The molecule has 0 bridgehead atoms. The normalized spacial score (nSPS) is 16.0. The molecule has 1 heterocycles. The van der Waals surface area contributed by atoms with Crippen LogP contribution in [0.4, 0.5) is 4.79 Å². The van der Waals surface area contributed by atoms with Crippen LogP contribution in [0, 0.1) is 6.92 Å². The van der Waals surface area contributed by atoms with E-state index in [1.54, 1.807) is 25.3 Å². The number of hydrogen-bond donors (Lipinski definition) is 0. The van der Waals surface area contributed by atoms with Gasteiger partial charge in [-0.05, 0) is 53.6 Å². The number of carbonyl (C=O) groups excluding carboxylic acids is 2. The lowest BCUT2D eigenvalue weighted by molar-refractivity contribution is -0.123. The predicted octanol–water partition coefficient (Wildman–Crippen LogP) is 4.89. The molecule has 1 fully saturated rings. The van der Waals surface area contributed by atoms with Gasteiger partial charge in [0.05, 0.1) is 18.6 Å². The van der Waals surface area contributed by atoms with Gasteiger partial charge >= 0.3 is 0 Å². The molecule has 0 radical (unpaired) electrons. The van der Waals surface area contributed by atoms with Crippen molar-refractivity contribution < 1.29 is 14.3 Å². The van der Waals surface area contributed by atoms with E-state index in [0.29, 0.717) is 9.93 Å². The second-order valence-corrected chi connectivity index (χ2v) is 6.99. The molecule has 0 spiro atoms. The largest absolute Gasteiger partial charge is 0.496 e. The Morgan fingerprint density at radius 3 is 2.68 bits per heavy atom. The predicted molar refractivity (Wildman–Crippen MR) is 101 cm³/mol. The molecular formula is C19H16ClNO3S. The van der Waals surface area contributed by atoms with Crippen LogP contribution in [0.1, 0.15) is 16.7 Å². The van der Waals surface area contributed by atoms with Gasteiger partial charge in [-0.15, -0.1) is 0 Å². The van der Waals surface area contributed by atoms with Gasteiger partial charge < -0.3 is 4.74 Å². The van der Waals surface area contributed by atoms with Gasteiger partial charge in [0.2, 0.25) is 0 Å². The van der Waals surface area contributed by atoms with Crippen LogP contribution in [0.5, 0.6) is 5.75 Å². The van der Waals surface area contributed by atoms with Crippen LogP contribution < -0.4 is 4.74 Å². The van der Waals surface area contributed by atoms with Crippen molar-refractivity contribution in [2.24, 2.45) is 0 Å². The molecule has 0 atom stereocenters. The van der Waals surface area contributed by atoms with Crippen LogP contribution in [0.2, 0.25) is 5.02 Å². The summed E-state index contributed by atoms with van der Waals surface area (Å²) in [5.41, 5.74) is 2.56. The van der Waals surface area contributed by atoms with Gasteiger partial charge in [-0.25, -0.2) is 0 Å². The molecule has 0 unspecified atom stereocenters. The number of halogens is 1. The standard InChI is InChI=1S/C19H16ClNO3S/c1-12-7-8-13(9-16(12)24-2)10-17-18(22)21(19(23)25-17)11-14-5-3-4-6-15(14)20/h3-10H,11H2,1-2H3/b17-10-. The second-order valence-electron chi connectivity index (χ2n) is 5.59. The van der Waals surface area contributed by atoms with Gasteiger partial charge in [0.1, 0.15) is 5.75 Å². The third-order valence-corrected chi connectivity index (χ3v) is 5.17. The molecule has 2 aromatic carbocycles. The maximum atomic E-state index is 12.6. The second kappa shape index (κ2) is 7.33. The van der Waals surface area contributed by atoms with E-state index in [-0.39, 0.29) is 17.7 Å². The summed E-state index contributed by atoms with van der Waals surface area (Å²) in [6, 6.07) is 12.8. The maximum absolute atomic E-state index is 12.6. The monoisotopic (exact) mass is 373 g/mol. The SMILES string of the molecule is COc1cc(/C=C2\SC(=O)N(Cc3ccccc3Cl)C2=O)ccc1C. The van der Waals surface area contributed by atoms with Gasteiger partial charge in [0, 0.05) is 5.02 Å². The maximum Gasteiger partial charge on any atom is 0.293 e. The van der Waals surface area contributed by atoms with Crippen LogP contribution in [-0.2, 0) is 11.3 Å². The topological polar surface area (TPSA) is 46.6 Å². The number of nitrogens with zero attached hydrogens (tertiary/aromatic N) is 1. The smallest absolute Gasteiger partial charge is 0.293 e. The fraction of sp³-hybridized carbons (Fsp3) is 0.158. The Balaban J connectivity index is 1.85. The molecule has 4 nitrogen and oxygen atoms in total. The number of ether oxygens (including phenoxy) is 1. The Hall–Kier alpha value is -2.24. The van der Waals surface area contributed by atoms with E-state index in [4.69, 9.17) is 16.3 Å². The molecule has 1 aliphatic heterocycles. The van der Waals surface area contributed by atoms with Gasteiger partial charge in [0.15, 0.2) is 0 Å². The Bertz CT molecular complexity index is 879. The number of imide groups is 1. The van der Waals surface area contributed by atoms with Crippen molar-refractivity contribution in [2.75, 3.05) is 7.11 Å². The van der Waals surface area contributed by atoms with Crippen molar-refractivity contribution in [3.63, 3.8) is 0 Å². The van der Waals surface area contributed by atoms with Gasteiger partial charge in [-0.2, -0.15) is 0 Å². The molecule has 1 saturated heterocycles. The van der Waals surface area contributed by atoms with Crippen molar-refractivity contribution in [3.05, 3.63) is 69.1 Å². The highest BCUT2D eigenvalue weighted by Crippen LogP contribution is 2.34. The van der Waals surface area contributed by atoms with Crippen molar-refractivity contribution >= 4 is 40.6 Å². The van der Waals surface area contributed by atoms with Crippen molar-refractivity contribution in [1.82, 2.24) is 4.90 Å². The Morgan fingerprint density at radius 1 is 1.20 bits per heavy atom. The van der Waals surface area contributed by atoms with Crippen LogP contribution in [0.15, 0.2) is 47.4 Å². The third kappa shape index (κ3) is 3.72. The molecule has 2 aromatic rings. The number of thioether (sulfide) groups is 1. The zero-order valence-electron chi connectivity index (χ0n) is 13.8. The minimum absolute atomic E-state index is 0.166. The molecule has 0 N–H and O–H groups in total. The molecule has 0 aromatic heterocycles. The van der Waals surface area contributed by atoms with Gasteiger partial charge in [0.25, 0.3) is 11.1 Å². The summed E-state index contributed by atoms with van der Waals surface area (Å²) in [5, 5.41) is 0.240. The summed E-state index contributed by atoms with van der Waals surface area (Å²) >= 11 is 7.06. The summed E-state index contributed by atoms with van der Waals surface area (Å²) in [6.45, 7) is 2.11. The van der Waals surface area contributed by atoms with Crippen molar-refractivity contribution in [1.29, 1.82) is 0 Å². The Kier molecular flexibility index (Phi) is 5.16. The number of aryl methyl sites for hydroxylation is 1. The lowest BCUT2D eigenvalue weighted by atomic mass is 10.1. The zero-order valence-corrected chi connectivity index (χ0v) is 15.4. The molecule has 2 amide bonds. The number of methoxy groups -OCH3 is 1. The highest BCUT2D eigenvalue weighted by atomic mass is 35.5. The highest BCUT2D eigenvalue weighted by molar-refractivity contribution is 8.18. The zero-order chi connectivity index (χ0) is 18.0. The molecule has 1 aliphatic rings. The third-order valence-electron chi connectivity index (χ3n) is 3.89. The van der Waals surface area contributed by atoms with Gasteiger partial charge in [-0.1, -0.05) is 41.9 Å². The quantitative estimate of drug-likeness (QED) is 0.715. The van der Waals surface area contributed by atoms with E-state index in [2.05, 4.69) is 0 Å². The first-order valence-electron chi connectivity index (χ1n) is 7.63. The van der Waals surface area contributed by atoms with E-state index < -0.39 is 0 Å². The van der Waals surface area contributed by atoms with E-state index >= 15 is 0 Å². The summed E-state index contributed by atoms with van der Waals surface area (Å²) in [6.07, 6.45) is 1.71. The fourth-order valence-electron chi connectivity index (χ4n) is 2.51. The Morgan fingerprint density at radius 2 is 1.96 bits per heavy atom. The number of carbonyl (C=O) groups is 2. The average Bonchev–Trinajstić information content (AvgIpc) is 2.86. The van der Waals surface area contributed by atoms with Crippen LogP contribution >= 0.6 is 23.4 Å². The van der Waals surface area contributed by atoms with Crippen LogP contribution in [-0.4, -0.2) is 23.2 Å². The first-order chi connectivity index (χ1) is 12.0. The lowest BCUT2D eigenvalue weighted by Gasteiger charge is -2.13. The van der Waals surface area contributed by atoms with E-state index in [0.717, 1.165) is 34.2 Å². The van der Waals surface area contributed by atoms with E-state index in [1.165, 1.54) is 4.90 Å². The highest BCUT2D eigenvalue weighted by Gasteiger charge is 2.35. The van der Waals surface area contributed by atoms with Gasteiger partial charge in [-0.3, -0.25) is 14.5 Å².